The Labute approximate surface area is 112 Å². The smallest absolute Gasteiger partial charge is 0.0292 e. The molecule has 102 valence electrons. The molecule has 2 heteroatoms. The average Bonchev–Trinajstić information content (AvgIpc) is 2.25. The van der Waals surface area contributed by atoms with Gasteiger partial charge in [0.25, 0.3) is 0 Å². The maximum absolute atomic E-state index is 3.64. The van der Waals surface area contributed by atoms with Crippen molar-refractivity contribution in [2.24, 2.45) is 5.41 Å². The van der Waals surface area contributed by atoms with Gasteiger partial charge in [-0.15, -0.1) is 0 Å². The molecule has 2 nitrogen and oxygen atoms in total. The van der Waals surface area contributed by atoms with Gasteiger partial charge in [-0.1, -0.05) is 43.7 Å². The van der Waals surface area contributed by atoms with Gasteiger partial charge in [-0.3, -0.25) is 0 Å². The van der Waals surface area contributed by atoms with Crippen LogP contribution in [0.2, 0.25) is 0 Å². The molecule has 1 aromatic carbocycles. The Morgan fingerprint density at radius 2 is 1.72 bits per heavy atom. The highest BCUT2D eigenvalue weighted by molar-refractivity contribution is 5.23. The standard InChI is InChI=1S/C16H28N2/c1-13-7-9-15(10-8-13)14(2)17-11-16(3,4)12-18(5)6/h7-10,14,17H,11-12H2,1-6H3. The fourth-order valence-corrected chi connectivity index (χ4v) is 2.31. The number of benzene rings is 1. The van der Waals surface area contributed by atoms with Crippen molar-refractivity contribution in [1.82, 2.24) is 10.2 Å². The Hall–Kier alpha value is -0.860. The molecule has 0 bridgehead atoms. The van der Waals surface area contributed by atoms with Gasteiger partial charge in [0, 0.05) is 19.1 Å². The molecule has 1 rings (SSSR count). The summed E-state index contributed by atoms with van der Waals surface area (Å²) in [6.45, 7) is 11.1. The van der Waals surface area contributed by atoms with E-state index in [1.807, 2.05) is 0 Å². The molecule has 1 aromatic rings. The predicted octanol–water partition coefficient (Wildman–Crippen LogP) is 3.23. The summed E-state index contributed by atoms with van der Waals surface area (Å²) in [5, 5.41) is 3.64. The minimum atomic E-state index is 0.294. The van der Waals surface area contributed by atoms with E-state index >= 15 is 0 Å². The Balaban J connectivity index is 2.50. The van der Waals surface area contributed by atoms with E-state index < -0.39 is 0 Å². The van der Waals surface area contributed by atoms with E-state index in [4.69, 9.17) is 0 Å². The van der Waals surface area contributed by atoms with Crippen molar-refractivity contribution in [3.63, 3.8) is 0 Å². The van der Waals surface area contributed by atoms with Crippen LogP contribution in [0, 0.1) is 12.3 Å². The number of hydrogen-bond donors (Lipinski definition) is 1. The number of nitrogens with zero attached hydrogens (tertiary/aromatic N) is 1. The lowest BCUT2D eigenvalue weighted by Gasteiger charge is -2.30. The first-order valence-electron chi connectivity index (χ1n) is 6.75. The maximum Gasteiger partial charge on any atom is 0.0292 e. The average molecular weight is 248 g/mol. The lowest BCUT2D eigenvalue weighted by atomic mass is 9.92. The number of rotatable bonds is 6. The Bertz CT molecular complexity index is 352. The van der Waals surface area contributed by atoms with Crippen molar-refractivity contribution in [2.45, 2.75) is 33.7 Å². The number of aryl methyl sites for hydroxylation is 1. The van der Waals surface area contributed by atoms with E-state index in [1.54, 1.807) is 0 Å². The molecule has 0 saturated heterocycles. The van der Waals surface area contributed by atoms with E-state index in [0.717, 1.165) is 13.1 Å². The van der Waals surface area contributed by atoms with Gasteiger partial charge in [0.05, 0.1) is 0 Å². The van der Waals surface area contributed by atoms with Crippen molar-refractivity contribution in [1.29, 1.82) is 0 Å². The van der Waals surface area contributed by atoms with Gasteiger partial charge >= 0.3 is 0 Å². The molecule has 0 spiro atoms. The highest BCUT2D eigenvalue weighted by Gasteiger charge is 2.19. The second kappa shape index (κ2) is 6.35. The van der Waals surface area contributed by atoms with Crippen LogP contribution in [-0.4, -0.2) is 32.1 Å². The largest absolute Gasteiger partial charge is 0.310 e. The molecule has 0 aliphatic rings. The summed E-state index contributed by atoms with van der Waals surface area (Å²) >= 11 is 0. The fraction of sp³-hybridized carbons (Fsp3) is 0.625. The first-order chi connectivity index (χ1) is 8.30. The summed E-state index contributed by atoms with van der Waals surface area (Å²) in [7, 11) is 4.26. The van der Waals surface area contributed by atoms with E-state index in [0.29, 0.717) is 11.5 Å². The summed E-state index contributed by atoms with van der Waals surface area (Å²) < 4.78 is 0. The zero-order chi connectivity index (χ0) is 13.8. The van der Waals surface area contributed by atoms with Crippen molar-refractivity contribution in [2.75, 3.05) is 27.2 Å². The molecule has 0 amide bonds. The van der Waals surface area contributed by atoms with Gasteiger partial charge in [0.1, 0.15) is 0 Å². The molecule has 0 fully saturated rings. The van der Waals surface area contributed by atoms with Crippen LogP contribution in [0.5, 0.6) is 0 Å². The normalized spacial score (nSPS) is 13.9. The van der Waals surface area contributed by atoms with Crippen LogP contribution in [0.4, 0.5) is 0 Å². The van der Waals surface area contributed by atoms with Crippen molar-refractivity contribution in [3.8, 4) is 0 Å². The predicted molar refractivity (Wildman–Crippen MR) is 79.9 cm³/mol. The van der Waals surface area contributed by atoms with Crippen LogP contribution in [0.3, 0.4) is 0 Å². The molecule has 1 unspecified atom stereocenters. The Morgan fingerprint density at radius 1 is 1.17 bits per heavy atom. The minimum absolute atomic E-state index is 0.294. The first kappa shape index (κ1) is 15.2. The molecule has 0 aromatic heterocycles. The summed E-state index contributed by atoms with van der Waals surface area (Å²) in [4.78, 5) is 2.25. The first-order valence-corrected chi connectivity index (χ1v) is 6.75. The Kier molecular flexibility index (Phi) is 5.36. The third-order valence-corrected chi connectivity index (χ3v) is 3.21. The van der Waals surface area contributed by atoms with Gasteiger partial charge in [-0.2, -0.15) is 0 Å². The third kappa shape index (κ3) is 5.19. The van der Waals surface area contributed by atoms with Crippen molar-refractivity contribution in [3.05, 3.63) is 35.4 Å². The zero-order valence-corrected chi connectivity index (χ0v) is 12.7. The molecule has 1 atom stereocenters. The molecule has 0 heterocycles. The summed E-state index contributed by atoms with van der Waals surface area (Å²) in [5.41, 5.74) is 2.97. The third-order valence-electron chi connectivity index (χ3n) is 3.21. The van der Waals surface area contributed by atoms with E-state index in [-0.39, 0.29) is 0 Å². The van der Waals surface area contributed by atoms with Crippen LogP contribution in [-0.2, 0) is 0 Å². The van der Waals surface area contributed by atoms with E-state index in [1.165, 1.54) is 11.1 Å². The van der Waals surface area contributed by atoms with Gasteiger partial charge in [0.2, 0.25) is 0 Å². The van der Waals surface area contributed by atoms with Crippen molar-refractivity contribution < 1.29 is 0 Å². The highest BCUT2D eigenvalue weighted by Crippen LogP contribution is 2.18. The molecule has 0 aliphatic carbocycles. The Morgan fingerprint density at radius 3 is 2.22 bits per heavy atom. The SMILES string of the molecule is Cc1ccc(C(C)NCC(C)(C)CN(C)C)cc1. The molecule has 1 N–H and O–H groups in total. The van der Waals surface area contributed by atoms with Gasteiger partial charge in [0.15, 0.2) is 0 Å². The van der Waals surface area contributed by atoms with Crippen LogP contribution in [0.15, 0.2) is 24.3 Å². The lowest BCUT2D eigenvalue weighted by molar-refractivity contribution is 0.227. The second-order valence-electron chi connectivity index (χ2n) is 6.42. The second-order valence-corrected chi connectivity index (χ2v) is 6.42. The van der Waals surface area contributed by atoms with E-state index in [9.17, 15) is 0 Å². The van der Waals surface area contributed by atoms with Gasteiger partial charge < -0.3 is 10.2 Å². The fourth-order valence-electron chi connectivity index (χ4n) is 2.31. The maximum atomic E-state index is 3.64. The quantitative estimate of drug-likeness (QED) is 0.831. The molecule has 0 aliphatic heterocycles. The molecular formula is C16H28N2. The number of hydrogen-bond acceptors (Lipinski definition) is 2. The van der Waals surface area contributed by atoms with Crippen LogP contribution in [0.1, 0.15) is 37.9 Å². The molecule has 0 radical (unpaired) electrons. The summed E-state index contributed by atoms with van der Waals surface area (Å²) in [5.74, 6) is 0. The molecular weight excluding hydrogens is 220 g/mol. The summed E-state index contributed by atoms with van der Waals surface area (Å²) in [6.07, 6.45) is 0. The molecule has 0 saturated carbocycles. The topological polar surface area (TPSA) is 15.3 Å². The van der Waals surface area contributed by atoms with E-state index in [2.05, 4.69) is 76.3 Å². The number of nitrogens with one attached hydrogen (secondary N) is 1. The van der Waals surface area contributed by atoms with Gasteiger partial charge in [-0.25, -0.2) is 0 Å². The highest BCUT2D eigenvalue weighted by atomic mass is 15.1. The summed E-state index contributed by atoms with van der Waals surface area (Å²) in [6, 6.07) is 9.20. The van der Waals surface area contributed by atoms with Crippen LogP contribution >= 0.6 is 0 Å². The van der Waals surface area contributed by atoms with Crippen LogP contribution < -0.4 is 5.32 Å². The monoisotopic (exact) mass is 248 g/mol. The molecule has 18 heavy (non-hydrogen) atoms. The van der Waals surface area contributed by atoms with Gasteiger partial charge in [-0.05, 0) is 38.9 Å². The van der Waals surface area contributed by atoms with Crippen molar-refractivity contribution >= 4 is 0 Å². The minimum Gasteiger partial charge on any atom is -0.310 e. The van der Waals surface area contributed by atoms with Crippen LogP contribution in [0.25, 0.3) is 0 Å². The lowest BCUT2D eigenvalue weighted by Crippen LogP contribution is -2.38. The zero-order valence-electron chi connectivity index (χ0n) is 12.7.